The molecule has 2 aromatic carbocycles. The van der Waals surface area contributed by atoms with Crippen LogP contribution in [-0.2, 0) is 4.79 Å². The minimum atomic E-state index is -0.337. The van der Waals surface area contributed by atoms with Crippen LogP contribution in [0.1, 0.15) is 5.56 Å². The van der Waals surface area contributed by atoms with E-state index in [2.05, 4.69) is 10.3 Å². The quantitative estimate of drug-likeness (QED) is 0.824. The molecule has 0 bridgehead atoms. The number of halogens is 2. The maximum absolute atomic E-state index is 12.9. The van der Waals surface area contributed by atoms with Gasteiger partial charge in [0.05, 0.1) is 17.7 Å². The zero-order valence-electron chi connectivity index (χ0n) is 12.5. The van der Waals surface area contributed by atoms with Crippen molar-refractivity contribution in [2.75, 3.05) is 7.11 Å². The van der Waals surface area contributed by atoms with E-state index in [1.165, 1.54) is 36.0 Å². The molecule has 24 heavy (non-hydrogen) atoms. The number of hydrogen-bond acceptors (Lipinski definition) is 4. The number of methoxy groups -OCH3 is 1. The molecule has 2 aromatic rings. The maximum Gasteiger partial charge on any atom is 0.264 e. The zero-order chi connectivity index (χ0) is 17.1. The Morgan fingerprint density at radius 1 is 1.25 bits per heavy atom. The van der Waals surface area contributed by atoms with Crippen molar-refractivity contribution >= 4 is 46.2 Å². The Bertz CT molecular complexity index is 850. The van der Waals surface area contributed by atoms with Crippen LogP contribution in [-0.4, -0.2) is 18.2 Å². The summed E-state index contributed by atoms with van der Waals surface area (Å²) in [6.07, 6.45) is 1.69. The molecule has 7 heteroatoms. The third-order valence-corrected chi connectivity index (χ3v) is 4.33. The van der Waals surface area contributed by atoms with E-state index in [4.69, 9.17) is 16.3 Å². The summed E-state index contributed by atoms with van der Waals surface area (Å²) in [5.74, 6) is 0.0165. The molecular weight excluding hydrogens is 351 g/mol. The third kappa shape index (κ3) is 3.77. The van der Waals surface area contributed by atoms with Crippen molar-refractivity contribution in [3.63, 3.8) is 0 Å². The highest BCUT2D eigenvalue weighted by Crippen LogP contribution is 2.31. The van der Waals surface area contributed by atoms with Gasteiger partial charge in [0.15, 0.2) is 5.17 Å². The highest BCUT2D eigenvalue weighted by molar-refractivity contribution is 8.18. The van der Waals surface area contributed by atoms with Crippen molar-refractivity contribution < 1.29 is 13.9 Å². The molecule has 1 aliphatic heterocycles. The summed E-state index contributed by atoms with van der Waals surface area (Å²) in [6, 6.07) is 10.9. The Hall–Kier alpha value is -2.31. The summed E-state index contributed by atoms with van der Waals surface area (Å²) in [6.45, 7) is 0. The molecule has 0 aliphatic carbocycles. The Kier molecular flexibility index (Phi) is 4.87. The van der Waals surface area contributed by atoms with Crippen LogP contribution in [0.4, 0.5) is 10.1 Å². The van der Waals surface area contributed by atoms with Crippen LogP contribution in [0, 0.1) is 5.82 Å². The van der Waals surface area contributed by atoms with E-state index in [1.54, 1.807) is 31.4 Å². The summed E-state index contributed by atoms with van der Waals surface area (Å²) in [5.41, 5.74) is 1.26. The van der Waals surface area contributed by atoms with Gasteiger partial charge in [0.1, 0.15) is 11.6 Å². The minimum absolute atomic E-state index is 0.261. The zero-order valence-corrected chi connectivity index (χ0v) is 14.1. The second kappa shape index (κ2) is 7.07. The average Bonchev–Trinajstić information content (AvgIpc) is 2.89. The Morgan fingerprint density at radius 3 is 2.71 bits per heavy atom. The van der Waals surface area contributed by atoms with Crippen LogP contribution in [0.5, 0.6) is 5.75 Å². The maximum atomic E-state index is 12.9. The van der Waals surface area contributed by atoms with Crippen LogP contribution in [0.3, 0.4) is 0 Å². The van der Waals surface area contributed by atoms with Crippen molar-refractivity contribution in [1.82, 2.24) is 5.32 Å². The van der Waals surface area contributed by atoms with Gasteiger partial charge in [-0.15, -0.1) is 0 Å². The van der Waals surface area contributed by atoms with Gasteiger partial charge in [-0.3, -0.25) is 4.79 Å². The van der Waals surface area contributed by atoms with E-state index in [0.29, 0.717) is 32.1 Å². The largest absolute Gasteiger partial charge is 0.496 e. The molecule has 1 saturated heterocycles. The molecular formula is C17H12ClFN2O2S. The van der Waals surface area contributed by atoms with Crippen molar-refractivity contribution in [1.29, 1.82) is 0 Å². The number of carbonyl (C=O) groups is 1. The number of thioether (sulfide) groups is 1. The lowest BCUT2D eigenvalue weighted by molar-refractivity contribution is -0.115. The van der Waals surface area contributed by atoms with Crippen molar-refractivity contribution in [3.8, 4) is 5.75 Å². The highest BCUT2D eigenvalue weighted by atomic mass is 35.5. The van der Waals surface area contributed by atoms with Gasteiger partial charge in [-0.2, -0.15) is 0 Å². The van der Waals surface area contributed by atoms with Crippen LogP contribution in [0.15, 0.2) is 52.4 Å². The number of carbonyl (C=O) groups excluding carboxylic acids is 1. The topological polar surface area (TPSA) is 50.7 Å². The number of nitrogens with one attached hydrogen (secondary N) is 1. The van der Waals surface area contributed by atoms with Gasteiger partial charge in [-0.1, -0.05) is 11.6 Å². The van der Waals surface area contributed by atoms with Gasteiger partial charge < -0.3 is 10.1 Å². The van der Waals surface area contributed by atoms with Crippen LogP contribution < -0.4 is 10.1 Å². The molecule has 0 radical (unpaired) electrons. The Balaban J connectivity index is 1.87. The fraction of sp³-hybridized carbons (Fsp3) is 0.0588. The van der Waals surface area contributed by atoms with Gasteiger partial charge in [-0.25, -0.2) is 9.38 Å². The molecule has 0 aromatic heterocycles. The SMILES string of the molecule is COc1ccc(Cl)cc1C=C1SC(=Nc2ccc(F)cc2)NC1=O. The fourth-order valence-corrected chi connectivity index (χ4v) is 3.09. The summed E-state index contributed by atoms with van der Waals surface area (Å²) in [7, 11) is 1.55. The molecule has 0 unspecified atom stereocenters. The number of benzene rings is 2. The fourth-order valence-electron chi connectivity index (χ4n) is 2.07. The third-order valence-electron chi connectivity index (χ3n) is 3.19. The monoisotopic (exact) mass is 362 g/mol. The summed E-state index contributed by atoms with van der Waals surface area (Å²) in [4.78, 5) is 16.9. The van der Waals surface area contributed by atoms with E-state index >= 15 is 0 Å². The molecule has 0 saturated carbocycles. The van der Waals surface area contributed by atoms with Gasteiger partial charge in [0, 0.05) is 10.6 Å². The first kappa shape index (κ1) is 16.5. The van der Waals surface area contributed by atoms with Crippen LogP contribution in [0.2, 0.25) is 5.02 Å². The molecule has 1 aliphatic rings. The smallest absolute Gasteiger partial charge is 0.264 e. The first-order chi connectivity index (χ1) is 11.5. The average molecular weight is 363 g/mol. The predicted molar refractivity (Wildman–Crippen MR) is 95.2 cm³/mol. The van der Waals surface area contributed by atoms with Crippen LogP contribution >= 0.6 is 23.4 Å². The second-order valence-electron chi connectivity index (χ2n) is 4.84. The van der Waals surface area contributed by atoms with Crippen molar-refractivity contribution in [3.05, 3.63) is 63.8 Å². The van der Waals surface area contributed by atoms with Gasteiger partial charge in [-0.05, 0) is 60.3 Å². The van der Waals surface area contributed by atoms with E-state index in [1.807, 2.05) is 0 Å². The molecule has 0 atom stereocenters. The first-order valence-corrected chi connectivity index (χ1v) is 8.13. The Morgan fingerprint density at radius 2 is 2.00 bits per heavy atom. The highest BCUT2D eigenvalue weighted by Gasteiger charge is 2.24. The molecule has 122 valence electrons. The van der Waals surface area contributed by atoms with E-state index < -0.39 is 0 Å². The predicted octanol–water partition coefficient (Wildman–Crippen LogP) is 4.38. The van der Waals surface area contributed by atoms with Crippen molar-refractivity contribution in [2.45, 2.75) is 0 Å². The van der Waals surface area contributed by atoms with Gasteiger partial charge in [0.25, 0.3) is 5.91 Å². The number of aliphatic imine (C=N–C) groups is 1. The molecule has 1 heterocycles. The number of ether oxygens (including phenoxy) is 1. The number of amides is 1. The lowest BCUT2D eigenvalue weighted by Crippen LogP contribution is -2.19. The molecule has 3 rings (SSSR count). The second-order valence-corrected chi connectivity index (χ2v) is 6.31. The van der Waals surface area contributed by atoms with Crippen LogP contribution in [0.25, 0.3) is 6.08 Å². The lowest BCUT2D eigenvalue weighted by atomic mass is 10.2. The van der Waals surface area contributed by atoms with Gasteiger partial charge in [0.2, 0.25) is 0 Å². The molecule has 0 spiro atoms. The number of hydrogen-bond donors (Lipinski definition) is 1. The molecule has 1 N–H and O–H groups in total. The lowest BCUT2D eigenvalue weighted by Gasteiger charge is -2.05. The molecule has 1 amide bonds. The van der Waals surface area contributed by atoms with E-state index in [0.717, 1.165) is 0 Å². The standard InChI is InChI=1S/C17H12ClFN2O2S/c1-23-14-7-2-11(18)8-10(14)9-15-16(22)21-17(24-15)20-13-5-3-12(19)4-6-13/h2-9H,1H3,(H,20,21,22). The van der Waals surface area contributed by atoms with Gasteiger partial charge >= 0.3 is 0 Å². The number of rotatable bonds is 3. The normalized spacial score (nSPS) is 17.4. The van der Waals surface area contributed by atoms with Crippen molar-refractivity contribution in [2.24, 2.45) is 4.99 Å². The molecule has 1 fully saturated rings. The van der Waals surface area contributed by atoms with E-state index in [-0.39, 0.29) is 11.7 Å². The summed E-state index contributed by atoms with van der Waals surface area (Å²) in [5, 5.41) is 3.65. The number of amidine groups is 1. The minimum Gasteiger partial charge on any atom is -0.496 e. The first-order valence-electron chi connectivity index (χ1n) is 6.94. The van der Waals surface area contributed by atoms with E-state index in [9.17, 15) is 9.18 Å². The Labute approximate surface area is 147 Å². The molecule has 4 nitrogen and oxygen atoms in total. The summed E-state index contributed by atoms with van der Waals surface area (Å²) >= 11 is 7.19. The number of nitrogens with zero attached hydrogens (tertiary/aromatic N) is 1. The summed E-state index contributed by atoms with van der Waals surface area (Å²) < 4.78 is 18.2.